The summed E-state index contributed by atoms with van der Waals surface area (Å²) in [5.41, 5.74) is 1.95. The summed E-state index contributed by atoms with van der Waals surface area (Å²) in [4.78, 5) is 10.5. The summed E-state index contributed by atoms with van der Waals surface area (Å²) in [5.74, 6) is 0.867. The Labute approximate surface area is 92.8 Å². The smallest absolute Gasteiger partial charge is 0.245 e. The molecule has 1 aromatic rings. The van der Waals surface area contributed by atoms with Crippen molar-refractivity contribution in [2.24, 2.45) is 0 Å². The molecule has 0 saturated carbocycles. The molecular weight excluding hydrogens is 212 g/mol. The van der Waals surface area contributed by atoms with Crippen molar-refractivity contribution < 1.29 is 9.53 Å². The Morgan fingerprint density at radius 2 is 2.20 bits per heavy atom. The van der Waals surface area contributed by atoms with Crippen LogP contribution in [0.4, 0.5) is 0 Å². The third-order valence-corrected chi connectivity index (χ3v) is 2.21. The maximum Gasteiger partial charge on any atom is 0.245 e. The average molecular weight is 221 g/mol. The number of para-hydroxylation sites is 1. The van der Waals surface area contributed by atoms with Crippen LogP contribution < -0.4 is 4.74 Å². The number of allylic oxidation sites excluding steroid dienone is 1. The summed E-state index contributed by atoms with van der Waals surface area (Å²) in [6.07, 6.45) is 4.98. The standard InChI is InChI=1S/C12H9ClO2/c13-12(14)6-5-9-7-10-3-1-2-4-11(10)15-8-9/h1-7H,8H2/b6-5+. The average Bonchev–Trinajstić information content (AvgIpc) is 2.26. The van der Waals surface area contributed by atoms with Crippen molar-refractivity contribution in [1.82, 2.24) is 0 Å². The molecule has 2 nitrogen and oxygen atoms in total. The second-order valence-electron chi connectivity index (χ2n) is 3.18. The minimum absolute atomic E-state index is 0.470. The summed E-state index contributed by atoms with van der Waals surface area (Å²) in [6.45, 7) is 0.470. The summed E-state index contributed by atoms with van der Waals surface area (Å²) >= 11 is 5.20. The molecule has 0 aromatic heterocycles. The molecule has 0 atom stereocenters. The highest BCUT2D eigenvalue weighted by Gasteiger charge is 2.08. The van der Waals surface area contributed by atoms with Gasteiger partial charge in [-0.05, 0) is 35.4 Å². The molecule has 1 aliphatic heterocycles. The van der Waals surface area contributed by atoms with E-state index in [2.05, 4.69) is 0 Å². The van der Waals surface area contributed by atoms with E-state index in [0.717, 1.165) is 16.9 Å². The Bertz CT molecular complexity index is 447. The predicted molar refractivity (Wildman–Crippen MR) is 59.9 cm³/mol. The first-order chi connectivity index (χ1) is 7.25. The SMILES string of the molecule is O=C(Cl)/C=C/C1=Cc2ccccc2OC1. The minimum Gasteiger partial charge on any atom is -0.488 e. The second kappa shape index (κ2) is 4.32. The van der Waals surface area contributed by atoms with Crippen molar-refractivity contribution >= 4 is 22.9 Å². The summed E-state index contributed by atoms with van der Waals surface area (Å²) in [5, 5.41) is -0.477. The lowest BCUT2D eigenvalue weighted by molar-refractivity contribution is -0.107. The maximum atomic E-state index is 10.5. The first-order valence-electron chi connectivity index (χ1n) is 4.55. The Balaban J connectivity index is 2.25. The van der Waals surface area contributed by atoms with Crippen LogP contribution in [0, 0.1) is 0 Å². The fourth-order valence-electron chi connectivity index (χ4n) is 1.40. The van der Waals surface area contributed by atoms with Crippen molar-refractivity contribution in [3.63, 3.8) is 0 Å². The molecule has 0 radical (unpaired) electrons. The van der Waals surface area contributed by atoms with Crippen molar-refractivity contribution in [3.05, 3.63) is 47.6 Å². The van der Waals surface area contributed by atoms with E-state index < -0.39 is 5.24 Å². The number of hydrogen-bond donors (Lipinski definition) is 0. The van der Waals surface area contributed by atoms with Gasteiger partial charge in [0, 0.05) is 5.56 Å². The van der Waals surface area contributed by atoms with Crippen LogP contribution in [0.5, 0.6) is 5.75 Å². The number of rotatable bonds is 2. The van der Waals surface area contributed by atoms with Gasteiger partial charge in [-0.3, -0.25) is 4.79 Å². The number of carbonyl (C=O) groups excluding carboxylic acids is 1. The van der Waals surface area contributed by atoms with Crippen LogP contribution in [0.25, 0.3) is 6.08 Å². The van der Waals surface area contributed by atoms with E-state index in [0.29, 0.717) is 6.61 Å². The largest absolute Gasteiger partial charge is 0.488 e. The van der Waals surface area contributed by atoms with Gasteiger partial charge < -0.3 is 4.74 Å². The van der Waals surface area contributed by atoms with Crippen LogP contribution >= 0.6 is 11.6 Å². The summed E-state index contributed by atoms with van der Waals surface area (Å²) in [7, 11) is 0. The molecule has 0 fully saturated rings. The van der Waals surface area contributed by atoms with Crippen LogP contribution in [-0.2, 0) is 4.79 Å². The third-order valence-electron chi connectivity index (χ3n) is 2.08. The van der Waals surface area contributed by atoms with Gasteiger partial charge in [0.25, 0.3) is 0 Å². The molecule has 0 N–H and O–H groups in total. The van der Waals surface area contributed by atoms with Gasteiger partial charge in [-0.25, -0.2) is 0 Å². The van der Waals surface area contributed by atoms with E-state index in [4.69, 9.17) is 16.3 Å². The number of fused-ring (bicyclic) bond motifs is 1. The van der Waals surface area contributed by atoms with Crippen LogP contribution in [0.1, 0.15) is 5.56 Å². The molecule has 15 heavy (non-hydrogen) atoms. The third kappa shape index (κ3) is 2.48. The quantitative estimate of drug-likeness (QED) is 0.566. The highest BCUT2D eigenvalue weighted by atomic mass is 35.5. The topological polar surface area (TPSA) is 26.3 Å². The Hall–Kier alpha value is -1.54. The molecule has 0 bridgehead atoms. The van der Waals surface area contributed by atoms with Crippen LogP contribution in [0.3, 0.4) is 0 Å². The zero-order chi connectivity index (χ0) is 10.7. The van der Waals surface area contributed by atoms with E-state index in [1.54, 1.807) is 6.08 Å². The zero-order valence-corrected chi connectivity index (χ0v) is 8.70. The van der Waals surface area contributed by atoms with Gasteiger partial charge >= 0.3 is 0 Å². The highest BCUT2D eigenvalue weighted by molar-refractivity contribution is 6.66. The van der Waals surface area contributed by atoms with Crippen LogP contribution in [-0.4, -0.2) is 11.8 Å². The number of hydrogen-bond acceptors (Lipinski definition) is 2. The van der Waals surface area contributed by atoms with Gasteiger partial charge in [0.2, 0.25) is 5.24 Å². The van der Waals surface area contributed by atoms with E-state index in [-0.39, 0.29) is 0 Å². The first kappa shape index (κ1) is 9.99. The fourth-order valence-corrected chi connectivity index (χ4v) is 1.47. The molecule has 1 heterocycles. The summed E-state index contributed by atoms with van der Waals surface area (Å²) in [6, 6.07) is 7.75. The van der Waals surface area contributed by atoms with Crippen molar-refractivity contribution in [2.75, 3.05) is 6.61 Å². The Morgan fingerprint density at radius 1 is 1.40 bits per heavy atom. The van der Waals surface area contributed by atoms with Gasteiger partial charge in [-0.1, -0.05) is 24.3 Å². The molecule has 0 unspecified atom stereocenters. The monoisotopic (exact) mass is 220 g/mol. The Morgan fingerprint density at radius 3 is 3.00 bits per heavy atom. The lowest BCUT2D eigenvalue weighted by Crippen LogP contribution is -2.05. The summed E-state index contributed by atoms with van der Waals surface area (Å²) < 4.78 is 5.49. The minimum atomic E-state index is -0.477. The second-order valence-corrected chi connectivity index (χ2v) is 3.56. The van der Waals surface area contributed by atoms with E-state index in [9.17, 15) is 4.79 Å². The lowest BCUT2D eigenvalue weighted by Gasteiger charge is -2.15. The molecule has 1 aliphatic rings. The number of carbonyl (C=O) groups is 1. The van der Waals surface area contributed by atoms with Gasteiger partial charge in [-0.2, -0.15) is 0 Å². The van der Waals surface area contributed by atoms with Crippen LogP contribution in [0.2, 0.25) is 0 Å². The number of halogens is 1. The molecular formula is C12H9ClO2. The van der Waals surface area contributed by atoms with Gasteiger partial charge in [0.1, 0.15) is 12.4 Å². The zero-order valence-electron chi connectivity index (χ0n) is 7.94. The van der Waals surface area contributed by atoms with E-state index >= 15 is 0 Å². The Kier molecular flexibility index (Phi) is 2.88. The molecule has 0 spiro atoms. The van der Waals surface area contributed by atoms with Gasteiger partial charge in [-0.15, -0.1) is 0 Å². The van der Waals surface area contributed by atoms with Crippen molar-refractivity contribution in [1.29, 1.82) is 0 Å². The number of ether oxygens (including phenoxy) is 1. The molecule has 0 saturated heterocycles. The number of benzene rings is 1. The molecule has 0 amide bonds. The molecule has 0 aliphatic carbocycles. The highest BCUT2D eigenvalue weighted by Crippen LogP contribution is 2.25. The molecule has 3 heteroatoms. The predicted octanol–water partition coefficient (Wildman–Crippen LogP) is 2.78. The molecule has 1 aromatic carbocycles. The first-order valence-corrected chi connectivity index (χ1v) is 4.93. The van der Waals surface area contributed by atoms with Crippen molar-refractivity contribution in [3.8, 4) is 5.75 Å². The maximum absolute atomic E-state index is 10.5. The molecule has 2 rings (SSSR count). The van der Waals surface area contributed by atoms with E-state index in [1.807, 2.05) is 30.3 Å². The van der Waals surface area contributed by atoms with Gasteiger partial charge in [0.15, 0.2) is 0 Å². The normalized spacial score (nSPS) is 14.3. The van der Waals surface area contributed by atoms with Crippen molar-refractivity contribution in [2.45, 2.75) is 0 Å². The fraction of sp³-hybridized carbons (Fsp3) is 0.0833. The molecule has 76 valence electrons. The van der Waals surface area contributed by atoms with Crippen LogP contribution in [0.15, 0.2) is 42.0 Å². The van der Waals surface area contributed by atoms with Gasteiger partial charge in [0.05, 0.1) is 0 Å². The lowest BCUT2D eigenvalue weighted by atomic mass is 10.1. The van der Waals surface area contributed by atoms with E-state index in [1.165, 1.54) is 6.08 Å².